The largest absolute Gasteiger partial charge is 0.481 e. The number of halogens is 1. The Morgan fingerprint density at radius 1 is 1.47 bits per heavy atom. The molecule has 7 heteroatoms. The van der Waals surface area contributed by atoms with E-state index in [1.165, 1.54) is 16.8 Å². The first-order chi connectivity index (χ1) is 8.95. The summed E-state index contributed by atoms with van der Waals surface area (Å²) in [5.41, 5.74) is 1.36. The molecular formula is C12H12FN3O2S. The summed E-state index contributed by atoms with van der Waals surface area (Å²) in [7, 11) is 1.67. The Balaban J connectivity index is 2.30. The minimum absolute atomic E-state index is 0.0891. The molecule has 0 atom stereocenters. The number of aromatic nitrogens is 3. The van der Waals surface area contributed by atoms with Crippen molar-refractivity contribution in [2.45, 2.75) is 12.1 Å². The Labute approximate surface area is 113 Å². The second-order valence-electron chi connectivity index (χ2n) is 4.04. The number of rotatable bonds is 4. The molecule has 1 heterocycles. The van der Waals surface area contributed by atoms with Crippen LogP contribution in [0.4, 0.5) is 4.39 Å². The predicted molar refractivity (Wildman–Crippen MR) is 69.5 cm³/mol. The molecule has 0 aliphatic heterocycles. The maximum Gasteiger partial charge on any atom is 0.313 e. The number of carboxylic acid groups (broad SMARTS) is 1. The van der Waals surface area contributed by atoms with Crippen LogP contribution in [0.15, 0.2) is 23.4 Å². The summed E-state index contributed by atoms with van der Waals surface area (Å²) in [6.45, 7) is 1.79. The number of aliphatic carboxylic acids is 1. The highest BCUT2D eigenvalue weighted by Gasteiger charge is 2.12. The summed E-state index contributed by atoms with van der Waals surface area (Å²) in [5.74, 6) is -0.968. The average molecular weight is 281 g/mol. The van der Waals surface area contributed by atoms with Gasteiger partial charge in [0.2, 0.25) is 0 Å². The fourth-order valence-corrected chi connectivity index (χ4v) is 2.24. The molecular weight excluding hydrogens is 269 g/mol. The Hall–Kier alpha value is -1.89. The fourth-order valence-electron chi connectivity index (χ4n) is 1.61. The van der Waals surface area contributed by atoms with E-state index in [1.54, 1.807) is 20.0 Å². The van der Waals surface area contributed by atoms with Crippen molar-refractivity contribution < 1.29 is 14.3 Å². The van der Waals surface area contributed by atoms with Gasteiger partial charge in [0.25, 0.3) is 0 Å². The molecule has 1 aromatic carbocycles. The summed E-state index contributed by atoms with van der Waals surface area (Å²) in [6.07, 6.45) is 0. The van der Waals surface area contributed by atoms with Crippen molar-refractivity contribution in [2.24, 2.45) is 7.05 Å². The van der Waals surface area contributed by atoms with Crippen molar-refractivity contribution in [3.05, 3.63) is 29.6 Å². The van der Waals surface area contributed by atoms with E-state index in [9.17, 15) is 9.18 Å². The van der Waals surface area contributed by atoms with Gasteiger partial charge in [-0.05, 0) is 30.7 Å². The summed E-state index contributed by atoms with van der Waals surface area (Å²) < 4.78 is 14.8. The van der Waals surface area contributed by atoms with Crippen LogP contribution in [-0.4, -0.2) is 31.6 Å². The number of hydrogen-bond donors (Lipinski definition) is 1. The molecule has 2 aromatic rings. The molecule has 0 amide bonds. The molecule has 1 N–H and O–H groups in total. The van der Waals surface area contributed by atoms with Crippen LogP contribution in [0.25, 0.3) is 11.4 Å². The van der Waals surface area contributed by atoms with Gasteiger partial charge in [-0.1, -0.05) is 11.8 Å². The van der Waals surface area contributed by atoms with Gasteiger partial charge in [0.15, 0.2) is 11.0 Å². The normalized spacial score (nSPS) is 10.7. The maximum atomic E-state index is 13.3. The van der Waals surface area contributed by atoms with Crippen LogP contribution in [0, 0.1) is 12.7 Å². The average Bonchev–Trinajstić information content (AvgIpc) is 2.67. The van der Waals surface area contributed by atoms with Crippen LogP contribution in [0.3, 0.4) is 0 Å². The lowest BCUT2D eigenvalue weighted by Crippen LogP contribution is -2.00. The van der Waals surface area contributed by atoms with Gasteiger partial charge in [-0.2, -0.15) is 5.10 Å². The van der Waals surface area contributed by atoms with Gasteiger partial charge in [0.05, 0.1) is 5.75 Å². The van der Waals surface area contributed by atoms with Crippen molar-refractivity contribution in [1.29, 1.82) is 0 Å². The van der Waals surface area contributed by atoms with Crippen LogP contribution >= 0.6 is 11.8 Å². The number of carboxylic acids is 1. The molecule has 2 rings (SSSR count). The number of hydrogen-bond acceptors (Lipinski definition) is 4. The highest BCUT2D eigenvalue weighted by Crippen LogP contribution is 2.22. The molecule has 0 spiro atoms. The fraction of sp³-hybridized carbons (Fsp3) is 0.250. The molecule has 0 fully saturated rings. The standard InChI is InChI=1S/C12H12FN3O2S/c1-7-3-8(5-9(13)4-7)11-14-12(16(2)15-11)19-6-10(17)18/h3-5H,6H2,1-2H3,(H,17,18). The second-order valence-corrected chi connectivity index (χ2v) is 4.98. The molecule has 19 heavy (non-hydrogen) atoms. The summed E-state index contributed by atoms with van der Waals surface area (Å²) in [6, 6.07) is 4.56. The first kappa shape index (κ1) is 13.5. The zero-order valence-electron chi connectivity index (χ0n) is 10.4. The molecule has 0 bridgehead atoms. The van der Waals surface area contributed by atoms with Gasteiger partial charge in [0.1, 0.15) is 5.82 Å². The first-order valence-corrected chi connectivity index (χ1v) is 6.47. The van der Waals surface area contributed by atoms with E-state index in [0.29, 0.717) is 16.5 Å². The van der Waals surface area contributed by atoms with Gasteiger partial charge in [-0.25, -0.2) is 14.1 Å². The van der Waals surface area contributed by atoms with Crippen LogP contribution < -0.4 is 0 Å². The zero-order valence-corrected chi connectivity index (χ0v) is 11.2. The predicted octanol–water partition coefficient (Wildman–Crippen LogP) is 2.11. The monoisotopic (exact) mass is 281 g/mol. The Kier molecular flexibility index (Phi) is 3.84. The summed E-state index contributed by atoms with van der Waals surface area (Å²) >= 11 is 1.08. The van der Waals surface area contributed by atoms with Crippen LogP contribution in [0.2, 0.25) is 0 Å². The molecule has 0 saturated heterocycles. The van der Waals surface area contributed by atoms with Crippen LogP contribution in [0.5, 0.6) is 0 Å². The lowest BCUT2D eigenvalue weighted by Gasteiger charge is -1.98. The molecule has 100 valence electrons. The van der Waals surface area contributed by atoms with Crippen molar-refractivity contribution in [3.63, 3.8) is 0 Å². The molecule has 0 saturated carbocycles. The Morgan fingerprint density at radius 3 is 2.84 bits per heavy atom. The highest BCUT2D eigenvalue weighted by atomic mass is 32.2. The third-order valence-corrected chi connectivity index (χ3v) is 3.35. The van der Waals surface area contributed by atoms with E-state index < -0.39 is 5.97 Å². The van der Waals surface area contributed by atoms with Crippen molar-refractivity contribution >= 4 is 17.7 Å². The van der Waals surface area contributed by atoms with E-state index in [0.717, 1.165) is 17.3 Å². The van der Waals surface area contributed by atoms with Gasteiger partial charge in [-0.15, -0.1) is 0 Å². The van der Waals surface area contributed by atoms with Gasteiger partial charge in [-0.3, -0.25) is 4.79 Å². The summed E-state index contributed by atoms with van der Waals surface area (Å²) in [5, 5.41) is 13.3. The van der Waals surface area contributed by atoms with Crippen molar-refractivity contribution in [2.75, 3.05) is 5.75 Å². The number of aryl methyl sites for hydroxylation is 2. The van der Waals surface area contributed by atoms with Crippen molar-refractivity contribution in [3.8, 4) is 11.4 Å². The molecule has 0 unspecified atom stereocenters. The van der Waals surface area contributed by atoms with E-state index in [-0.39, 0.29) is 11.6 Å². The van der Waals surface area contributed by atoms with Crippen molar-refractivity contribution in [1.82, 2.24) is 14.8 Å². The number of nitrogens with zero attached hydrogens (tertiary/aromatic N) is 3. The van der Waals surface area contributed by atoms with E-state index >= 15 is 0 Å². The smallest absolute Gasteiger partial charge is 0.313 e. The van der Waals surface area contributed by atoms with E-state index in [2.05, 4.69) is 10.1 Å². The summed E-state index contributed by atoms with van der Waals surface area (Å²) in [4.78, 5) is 14.7. The number of thioether (sulfide) groups is 1. The molecule has 0 aliphatic rings. The maximum absolute atomic E-state index is 13.3. The van der Waals surface area contributed by atoms with Crippen LogP contribution in [0.1, 0.15) is 5.56 Å². The minimum Gasteiger partial charge on any atom is -0.481 e. The quantitative estimate of drug-likeness (QED) is 0.869. The third-order valence-electron chi connectivity index (χ3n) is 2.35. The molecule has 5 nitrogen and oxygen atoms in total. The Morgan fingerprint density at radius 2 is 2.21 bits per heavy atom. The topological polar surface area (TPSA) is 68.0 Å². The number of carbonyl (C=O) groups is 1. The second kappa shape index (κ2) is 5.40. The molecule has 0 aliphatic carbocycles. The number of benzene rings is 1. The lowest BCUT2D eigenvalue weighted by molar-refractivity contribution is -0.133. The molecule has 0 radical (unpaired) electrons. The van der Waals surface area contributed by atoms with Gasteiger partial charge < -0.3 is 5.11 Å². The van der Waals surface area contributed by atoms with E-state index in [1.807, 2.05) is 0 Å². The third kappa shape index (κ3) is 3.31. The Bertz CT molecular complexity index is 607. The van der Waals surface area contributed by atoms with Gasteiger partial charge in [0, 0.05) is 12.6 Å². The van der Waals surface area contributed by atoms with Gasteiger partial charge >= 0.3 is 5.97 Å². The van der Waals surface area contributed by atoms with Crippen LogP contribution in [-0.2, 0) is 11.8 Å². The highest BCUT2D eigenvalue weighted by molar-refractivity contribution is 7.99. The van der Waals surface area contributed by atoms with E-state index in [4.69, 9.17) is 5.11 Å². The first-order valence-electron chi connectivity index (χ1n) is 5.49. The zero-order chi connectivity index (χ0) is 14.0. The minimum atomic E-state index is -0.920. The molecule has 1 aromatic heterocycles. The SMILES string of the molecule is Cc1cc(F)cc(-c2nc(SCC(=O)O)n(C)n2)c1. The lowest BCUT2D eigenvalue weighted by atomic mass is 10.1.